The quantitative estimate of drug-likeness (QED) is 0.721. The number of rotatable bonds is 7. The second-order valence-corrected chi connectivity index (χ2v) is 7.39. The maximum Gasteiger partial charge on any atom is 0.147 e. The summed E-state index contributed by atoms with van der Waals surface area (Å²) in [6, 6.07) is 10.1. The molecule has 0 aliphatic heterocycles. The Morgan fingerprint density at radius 2 is 1.83 bits per heavy atom. The summed E-state index contributed by atoms with van der Waals surface area (Å²) in [5.74, 6) is 0.760. The van der Waals surface area contributed by atoms with E-state index in [1.807, 2.05) is 18.2 Å². The van der Waals surface area contributed by atoms with Crippen molar-refractivity contribution in [3.8, 4) is 0 Å². The summed E-state index contributed by atoms with van der Waals surface area (Å²) < 4.78 is 22.4. The van der Waals surface area contributed by atoms with E-state index in [1.165, 1.54) is 11.8 Å². The van der Waals surface area contributed by atoms with Gasteiger partial charge in [-0.25, -0.2) is 8.42 Å². The molecule has 1 aromatic rings. The molecule has 1 unspecified atom stereocenters. The van der Waals surface area contributed by atoms with Gasteiger partial charge in [0.15, 0.2) is 0 Å². The van der Waals surface area contributed by atoms with Gasteiger partial charge in [-0.3, -0.25) is 0 Å². The van der Waals surface area contributed by atoms with Crippen molar-refractivity contribution in [3.63, 3.8) is 0 Å². The highest BCUT2D eigenvalue weighted by Gasteiger charge is 2.29. The molecule has 1 rings (SSSR count). The fraction of sp³-hybridized carbons (Fsp3) is 0.571. The lowest BCUT2D eigenvalue weighted by Gasteiger charge is -2.31. The van der Waals surface area contributed by atoms with Crippen LogP contribution >= 0.6 is 11.6 Å². The van der Waals surface area contributed by atoms with Crippen LogP contribution in [0.4, 0.5) is 0 Å². The SMILES string of the molecule is CCC(CCl)(CCCS(C)(=O)=O)c1ccccc1. The summed E-state index contributed by atoms with van der Waals surface area (Å²) >= 11 is 6.16. The molecule has 0 aliphatic carbocycles. The van der Waals surface area contributed by atoms with Gasteiger partial charge in [0.25, 0.3) is 0 Å². The zero-order valence-corrected chi connectivity index (χ0v) is 12.6. The molecule has 0 radical (unpaired) electrons. The minimum Gasteiger partial charge on any atom is -0.229 e. The minimum atomic E-state index is -2.89. The van der Waals surface area contributed by atoms with Crippen LogP contribution in [0, 0.1) is 0 Å². The van der Waals surface area contributed by atoms with Gasteiger partial charge in [-0.1, -0.05) is 37.3 Å². The lowest BCUT2D eigenvalue weighted by molar-refractivity contribution is 0.419. The minimum absolute atomic E-state index is 0.104. The van der Waals surface area contributed by atoms with E-state index in [1.54, 1.807) is 0 Å². The highest BCUT2D eigenvalue weighted by Crippen LogP contribution is 2.34. The summed E-state index contributed by atoms with van der Waals surface area (Å²) in [7, 11) is -2.89. The average molecular weight is 289 g/mol. The summed E-state index contributed by atoms with van der Waals surface area (Å²) in [6.45, 7) is 2.11. The molecule has 0 heterocycles. The van der Waals surface area contributed by atoms with Crippen LogP contribution in [0.5, 0.6) is 0 Å². The Morgan fingerprint density at radius 3 is 2.28 bits per heavy atom. The molecule has 4 heteroatoms. The first kappa shape index (κ1) is 15.5. The number of hydrogen-bond acceptors (Lipinski definition) is 2. The highest BCUT2D eigenvalue weighted by molar-refractivity contribution is 7.90. The lowest BCUT2D eigenvalue weighted by Crippen LogP contribution is -2.28. The molecule has 102 valence electrons. The van der Waals surface area contributed by atoms with Gasteiger partial charge in [0, 0.05) is 23.3 Å². The molecule has 0 aliphatic rings. The molecule has 1 aromatic carbocycles. The first-order chi connectivity index (χ1) is 8.43. The van der Waals surface area contributed by atoms with Crippen LogP contribution in [0.25, 0.3) is 0 Å². The van der Waals surface area contributed by atoms with E-state index in [0.29, 0.717) is 12.3 Å². The van der Waals surface area contributed by atoms with Crippen molar-refractivity contribution in [3.05, 3.63) is 35.9 Å². The van der Waals surface area contributed by atoms with E-state index < -0.39 is 9.84 Å². The summed E-state index contributed by atoms with van der Waals surface area (Å²) in [6.07, 6.45) is 3.67. The Balaban J connectivity index is 2.82. The number of benzene rings is 1. The fourth-order valence-corrected chi connectivity index (χ4v) is 3.37. The molecule has 1 atom stereocenters. The molecule has 0 saturated heterocycles. The first-order valence-electron chi connectivity index (χ1n) is 6.23. The Bertz CT molecular complexity index is 450. The predicted molar refractivity (Wildman–Crippen MR) is 78.1 cm³/mol. The number of sulfone groups is 1. The van der Waals surface area contributed by atoms with Crippen LogP contribution in [-0.2, 0) is 15.3 Å². The van der Waals surface area contributed by atoms with E-state index in [2.05, 4.69) is 19.1 Å². The molecule has 0 aromatic heterocycles. The molecule has 0 N–H and O–H groups in total. The van der Waals surface area contributed by atoms with E-state index in [4.69, 9.17) is 11.6 Å². The van der Waals surface area contributed by atoms with Gasteiger partial charge in [-0.05, 0) is 24.8 Å². The standard InChI is InChI=1S/C14H21ClO2S/c1-3-14(12-15,10-7-11-18(2,16)17)13-8-5-4-6-9-13/h4-6,8-9H,3,7,10-12H2,1-2H3. The fourth-order valence-electron chi connectivity index (χ4n) is 2.23. The molecule has 0 fully saturated rings. The van der Waals surface area contributed by atoms with Crippen molar-refractivity contribution in [1.82, 2.24) is 0 Å². The van der Waals surface area contributed by atoms with Crippen LogP contribution in [0.2, 0.25) is 0 Å². The Morgan fingerprint density at radius 1 is 1.22 bits per heavy atom. The monoisotopic (exact) mass is 288 g/mol. The highest BCUT2D eigenvalue weighted by atomic mass is 35.5. The molecule has 18 heavy (non-hydrogen) atoms. The zero-order valence-electron chi connectivity index (χ0n) is 11.0. The summed E-state index contributed by atoms with van der Waals surface area (Å²) in [5, 5.41) is 0. The van der Waals surface area contributed by atoms with E-state index >= 15 is 0 Å². The molecule has 0 saturated carbocycles. The van der Waals surface area contributed by atoms with Gasteiger partial charge >= 0.3 is 0 Å². The molecule has 0 spiro atoms. The smallest absolute Gasteiger partial charge is 0.147 e. The van der Waals surface area contributed by atoms with Crippen LogP contribution in [-0.4, -0.2) is 26.3 Å². The van der Waals surface area contributed by atoms with Gasteiger partial charge in [-0.2, -0.15) is 0 Å². The maximum atomic E-state index is 11.2. The van der Waals surface area contributed by atoms with E-state index in [9.17, 15) is 8.42 Å². The zero-order chi connectivity index (χ0) is 13.6. The Kier molecular flexibility index (Phi) is 5.67. The second kappa shape index (κ2) is 6.58. The van der Waals surface area contributed by atoms with Crippen LogP contribution < -0.4 is 0 Å². The maximum absolute atomic E-state index is 11.2. The Hall–Kier alpha value is -0.540. The lowest BCUT2D eigenvalue weighted by atomic mass is 9.76. The third-order valence-electron chi connectivity index (χ3n) is 3.49. The largest absolute Gasteiger partial charge is 0.229 e. The van der Waals surface area contributed by atoms with Crippen LogP contribution in [0.3, 0.4) is 0 Å². The van der Waals surface area contributed by atoms with Gasteiger partial charge < -0.3 is 0 Å². The third kappa shape index (κ3) is 4.29. The van der Waals surface area contributed by atoms with Crippen molar-refractivity contribution in [2.75, 3.05) is 17.9 Å². The molecule has 0 amide bonds. The normalized spacial score (nSPS) is 15.3. The van der Waals surface area contributed by atoms with Crippen LogP contribution in [0.15, 0.2) is 30.3 Å². The molecule has 0 bridgehead atoms. The third-order valence-corrected chi connectivity index (χ3v) is 5.03. The van der Waals surface area contributed by atoms with Gasteiger partial charge in [0.1, 0.15) is 9.84 Å². The van der Waals surface area contributed by atoms with E-state index in [0.717, 1.165) is 12.8 Å². The number of alkyl halides is 1. The second-order valence-electron chi connectivity index (χ2n) is 4.87. The predicted octanol–water partition coefficient (Wildman–Crippen LogP) is 3.40. The number of hydrogen-bond donors (Lipinski definition) is 0. The van der Waals surface area contributed by atoms with Crippen molar-refractivity contribution < 1.29 is 8.42 Å². The molecular weight excluding hydrogens is 268 g/mol. The topological polar surface area (TPSA) is 34.1 Å². The van der Waals surface area contributed by atoms with E-state index in [-0.39, 0.29) is 11.2 Å². The van der Waals surface area contributed by atoms with Gasteiger partial charge in [0.2, 0.25) is 0 Å². The molecule has 2 nitrogen and oxygen atoms in total. The van der Waals surface area contributed by atoms with Crippen molar-refractivity contribution in [2.45, 2.75) is 31.6 Å². The van der Waals surface area contributed by atoms with Crippen LogP contribution in [0.1, 0.15) is 31.7 Å². The van der Waals surface area contributed by atoms with Crippen molar-refractivity contribution >= 4 is 21.4 Å². The summed E-state index contributed by atoms with van der Waals surface area (Å²) in [4.78, 5) is 0. The first-order valence-corrected chi connectivity index (χ1v) is 8.82. The average Bonchev–Trinajstić information content (AvgIpc) is 2.35. The Labute approximate surface area is 115 Å². The molecular formula is C14H21ClO2S. The van der Waals surface area contributed by atoms with Gasteiger partial charge in [0.05, 0.1) is 0 Å². The van der Waals surface area contributed by atoms with Gasteiger partial charge in [-0.15, -0.1) is 11.6 Å². The van der Waals surface area contributed by atoms with Crippen molar-refractivity contribution in [2.24, 2.45) is 0 Å². The summed E-state index contributed by atoms with van der Waals surface area (Å²) in [5.41, 5.74) is 1.10. The number of halogens is 1. The van der Waals surface area contributed by atoms with Crippen molar-refractivity contribution in [1.29, 1.82) is 0 Å².